The quantitative estimate of drug-likeness (QED) is 0.694. The molecule has 0 spiro atoms. The second-order valence-electron chi connectivity index (χ2n) is 6.89. The standard InChI is InChI=1S/C19H27N3O4S/c1-14-15(2)21-26-19(14)16-7-8-17(25-3)18(13-16)27(23,24)20-9-6-12-22-10-4-5-11-22/h7-8,13,20H,4-6,9-12H2,1-3H3. The lowest BCUT2D eigenvalue weighted by molar-refractivity contribution is 0.334. The third-order valence-electron chi connectivity index (χ3n) is 5.01. The Kier molecular flexibility index (Phi) is 6.18. The molecular formula is C19H27N3O4S. The highest BCUT2D eigenvalue weighted by Gasteiger charge is 2.22. The van der Waals surface area contributed by atoms with Crippen molar-refractivity contribution in [3.63, 3.8) is 0 Å². The molecule has 0 aliphatic carbocycles. The lowest BCUT2D eigenvalue weighted by Gasteiger charge is -2.15. The molecule has 2 heterocycles. The second kappa shape index (κ2) is 8.41. The fourth-order valence-corrected chi connectivity index (χ4v) is 4.57. The molecule has 1 aromatic carbocycles. The van der Waals surface area contributed by atoms with Gasteiger partial charge in [0.05, 0.1) is 12.8 Å². The van der Waals surface area contributed by atoms with Gasteiger partial charge in [-0.15, -0.1) is 0 Å². The van der Waals surface area contributed by atoms with Gasteiger partial charge < -0.3 is 14.2 Å². The molecule has 1 aromatic heterocycles. The lowest BCUT2D eigenvalue weighted by Crippen LogP contribution is -2.29. The number of likely N-dealkylation sites (tertiary alicyclic amines) is 1. The maximum absolute atomic E-state index is 12.8. The van der Waals surface area contributed by atoms with Gasteiger partial charge in [0.1, 0.15) is 10.6 Å². The molecule has 2 aromatic rings. The number of nitrogens with zero attached hydrogens (tertiary/aromatic N) is 2. The Labute approximate surface area is 160 Å². The van der Waals surface area contributed by atoms with Crippen LogP contribution in [0.4, 0.5) is 0 Å². The SMILES string of the molecule is COc1ccc(-c2onc(C)c2C)cc1S(=O)(=O)NCCCN1CCCC1. The minimum atomic E-state index is -3.69. The van der Waals surface area contributed by atoms with E-state index in [-0.39, 0.29) is 4.90 Å². The summed E-state index contributed by atoms with van der Waals surface area (Å²) < 4.78 is 39.0. The first-order valence-electron chi connectivity index (χ1n) is 9.25. The summed E-state index contributed by atoms with van der Waals surface area (Å²) in [5, 5.41) is 3.95. The number of aromatic nitrogens is 1. The van der Waals surface area contributed by atoms with Crippen molar-refractivity contribution in [2.75, 3.05) is 33.3 Å². The summed E-state index contributed by atoms with van der Waals surface area (Å²) >= 11 is 0. The number of hydrogen-bond acceptors (Lipinski definition) is 6. The fourth-order valence-electron chi connectivity index (χ4n) is 3.31. The molecular weight excluding hydrogens is 366 g/mol. The summed E-state index contributed by atoms with van der Waals surface area (Å²) in [5.74, 6) is 0.875. The lowest BCUT2D eigenvalue weighted by atomic mass is 10.1. The molecule has 1 N–H and O–H groups in total. The first kappa shape index (κ1) is 19.9. The maximum atomic E-state index is 12.8. The summed E-state index contributed by atoms with van der Waals surface area (Å²) in [4.78, 5) is 2.47. The van der Waals surface area contributed by atoms with E-state index in [0.717, 1.165) is 37.3 Å². The topological polar surface area (TPSA) is 84.7 Å². The number of hydrogen-bond donors (Lipinski definition) is 1. The van der Waals surface area contributed by atoms with Crippen molar-refractivity contribution in [2.45, 2.75) is 38.0 Å². The van der Waals surface area contributed by atoms with Crippen LogP contribution in [-0.4, -0.2) is 51.8 Å². The molecule has 3 rings (SSSR count). The number of nitrogens with one attached hydrogen (secondary N) is 1. The molecule has 7 nitrogen and oxygen atoms in total. The highest BCUT2D eigenvalue weighted by Crippen LogP contribution is 2.32. The third kappa shape index (κ3) is 4.51. The monoisotopic (exact) mass is 393 g/mol. The van der Waals surface area contributed by atoms with Gasteiger partial charge in [-0.05, 0) is 70.9 Å². The van der Waals surface area contributed by atoms with E-state index in [4.69, 9.17) is 9.26 Å². The molecule has 27 heavy (non-hydrogen) atoms. The Hall–Kier alpha value is -1.90. The number of aryl methyl sites for hydroxylation is 1. The van der Waals surface area contributed by atoms with Crippen LogP contribution in [0.25, 0.3) is 11.3 Å². The van der Waals surface area contributed by atoms with E-state index in [1.165, 1.54) is 20.0 Å². The molecule has 0 atom stereocenters. The maximum Gasteiger partial charge on any atom is 0.244 e. The van der Waals surface area contributed by atoms with Crippen LogP contribution >= 0.6 is 0 Å². The highest BCUT2D eigenvalue weighted by atomic mass is 32.2. The van der Waals surface area contributed by atoms with E-state index < -0.39 is 10.0 Å². The van der Waals surface area contributed by atoms with Crippen molar-refractivity contribution < 1.29 is 17.7 Å². The minimum absolute atomic E-state index is 0.108. The predicted molar refractivity (Wildman–Crippen MR) is 103 cm³/mol. The number of methoxy groups -OCH3 is 1. The molecule has 1 fully saturated rings. The number of rotatable bonds is 8. The number of sulfonamides is 1. The Morgan fingerprint density at radius 3 is 2.63 bits per heavy atom. The van der Waals surface area contributed by atoms with E-state index >= 15 is 0 Å². The molecule has 0 radical (unpaired) electrons. The van der Waals surface area contributed by atoms with E-state index in [9.17, 15) is 8.42 Å². The molecule has 0 amide bonds. The molecule has 0 saturated carbocycles. The van der Waals surface area contributed by atoms with Crippen LogP contribution in [0.3, 0.4) is 0 Å². The van der Waals surface area contributed by atoms with Crippen LogP contribution in [0.5, 0.6) is 5.75 Å². The Bertz CT molecular complexity index is 886. The van der Waals surface area contributed by atoms with E-state index in [0.29, 0.717) is 23.6 Å². The minimum Gasteiger partial charge on any atom is -0.495 e. The van der Waals surface area contributed by atoms with Gasteiger partial charge in [-0.25, -0.2) is 13.1 Å². The second-order valence-corrected chi connectivity index (χ2v) is 8.62. The molecule has 1 saturated heterocycles. The molecule has 0 bridgehead atoms. The van der Waals surface area contributed by atoms with Crippen molar-refractivity contribution in [1.29, 1.82) is 0 Å². The van der Waals surface area contributed by atoms with E-state index in [2.05, 4.69) is 14.8 Å². The van der Waals surface area contributed by atoms with E-state index in [1.54, 1.807) is 18.2 Å². The molecule has 1 aliphatic heterocycles. The van der Waals surface area contributed by atoms with Crippen molar-refractivity contribution in [2.24, 2.45) is 0 Å². The normalized spacial score (nSPS) is 15.4. The first-order valence-corrected chi connectivity index (χ1v) is 10.7. The summed E-state index contributed by atoms with van der Waals surface area (Å²) in [6.45, 7) is 7.28. The predicted octanol–water partition coefficient (Wildman–Crippen LogP) is 2.73. The Morgan fingerprint density at radius 2 is 2.00 bits per heavy atom. The fraction of sp³-hybridized carbons (Fsp3) is 0.526. The molecule has 0 unspecified atom stereocenters. The summed E-state index contributed by atoms with van der Waals surface area (Å²) in [6.07, 6.45) is 3.24. The first-order chi connectivity index (χ1) is 12.9. The average molecular weight is 394 g/mol. The Balaban J connectivity index is 1.76. The number of ether oxygens (including phenoxy) is 1. The van der Waals surface area contributed by atoms with Crippen molar-refractivity contribution in [3.8, 4) is 17.1 Å². The van der Waals surface area contributed by atoms with Crippen molar-refractivity contribution >= 4 is 10.0 Å². The van der Waals surface area contributed by atoms with Gasteiger partial charge in [0, 0.05) is 17.7 Å². The zero-order valence-electron chi connectivity index (χ0n) is 16.1. The zero-order chi connectivity index (χ0) is 19.4. The molecule has 148 valence electrons. The highest BCUT2D eigenvalue weighted by molar-refractivity contribution is 7.89. The molecule has 1 aliphatic rings. The van der Waals surface area contributed by atoms with Gasteiger partial charge in [-0.3, -0.25) is 0 Å². The summed E-state index contributed by atoms with van der Waals surface area (Å²) in [7, 11) is -2.23. The van der Waals surface area contributed by atoms with Gasteiger partial charge in [0.15, 0.2) is 5.76 Å². The van der Waals surface area contributed by atoms with Gasteiger partial charge >= 0.3 is 0 Å². The summed E-state index contributed by atoms with van der Waals surface area (Å²) in [5.41, 5.74) is 2.33. The van der Waals surface area contributed by atoms with Crippen LogP contribution in [0.15, 0.2) is 27.6 Å². The van der Waals surface area contributed by atoms with Crippen LogP contribution < -0.4 is 9.46 Å². The van der Waals surface area contributed by atoms with Gasteiger partial charge in [0.2, 0.25) is 10.0 Å². The zero-order valence-corrected chi connectivity index (χ0v) is 16.9. The van der Waals surface area contributed by atoms with Crippen LogP contribution in [0.1, 0.15) is 30.5 Å². The largest absolute Gasteiger partial charge is 0.495 e. The van der Waals surface area contributed by atoms with Crippen LogP contribution in [0, 0.1) is 13.8 Å². The Morgan fingerprint density at radius 1 is 1.26 bits per heavy atom. The van der Waals surface area contributed by atoms with Crippen molar-refractivity contribution in [3.05, 3.63) is 29.5 Å². The molecule has 8 heteroatoms. The third-order valence-corrected chi connectivity index (χ3v) is 6.50. The van der Waals surface area contributed by atoms with Gasteiger partial charge in [-0.2, -0.15) is 0 Å². The average Bonchev–Trinajstić information content (AvgIpc) is 3.29. The van der Waals surface area contributed by atoms with Crippen LogP contribution in [-0.2, 0) is 10.0 Å². The van der Waals surface area contributed by atoms with Gasteiger partial charge in [0.25, 0.3) is 0 Å². The van der Waals surface area contributed by atoms with Gasteiger partial charge in [-0.1, -0.05) is 5.16 Å². The number of benzene rings is 1. The summed E-state index contributed by atoms with van der Waals surface area (Å²) in [6, 6.07) is 5.00. The van der Waals surface area contributed by atoms with Crippen LogP contribution in [0.2, 0.25) is 0 Å². The van der Waals surface area contributed by atoms with E-state index in [1.807, 2.05) is 13.8 Å². The smallest absolute Gasteiger partial charge is 0.244 e. The van der Waals surface area contributed by atoms with Crippen molar-refractivity contribution in [1.82, 2.24) is 14.8 Å².